The fourth-order valence-electron chi connectivity index (χ4n) is 2.72. The Bertz CT molecular complexity index is 518. The molecule has 3 nitrogen and oxygen atoms in total. The lowest BCUT2D eigenvalue weighted by Crippen LogP contribution is -2.25. The average Bonchev–Trinajstić information content (AvgIpc) is 2.75. The first-order valence-electron chi connectivity index (χ1n) is 6.37. The molecule has 0 saturated carbocycles. The van der Waals surface area contributed by atoms with Crippen molar-refractivity contribution >= 4 is 10.9 Å². The number of para-hydroxylation sites is 1. The van der Waals surface area contributed by atoms with Crippen LogP contribution in [0.4, 0.5) is 0 Å². The zero-order chi connectivity index (χ0) is 11.7. The molecule has 3 rings (SSSR count). The smallest absolute Gasteiger partial charge is 0.0724 e. The fourth-order valence-corrected chi connectivity index (χ4v) is 2.72. The summed E-state index contributed by atoms with van der Waals surface area (Å²) in [4.78, 5) is 8.89. The summed E-state index contributed by atoms with van der Waals surface area (Å²) < 4.78 is 0. The van der Waals surface area contributed by atoms with Crippen molar-refractivity contribution < 1.29 is 4.84 Å². The Labute approximate surface area is 101 Å². The number of fused-ring (bicyclic) bond motifs is 3. The van der Waals surface area contributed by atoms with Gasteiger partial charge in [0, 0.05) is 16.6 Å². The van der Waals surface area contributed by atoms with Gasteiger partial charge in [-0.2, -0.15) is 5.48 Å². The van der Waals surface area contributed by atoms with E-state index in [0.717, 1.165) is 6.42 Å². The molecule has 1 unspecified atom stereocenters. The van der Waals surface area contributed by atoms with Gasteiger partial charge in [0.1, 0.15) is 0 Å². The number of H-pyrrole nitrogens is 1. The van der Waals surface area contributed by atoms with Gasteiger partial charge in [0.05, 0.1) is 12.6 Å². The third kappa shape index (κ3) is 1.85. The maximum atomic E-state index is 5.36. The SMILES string of the molecule is CCONC1CCCc2c1[nH]c1ccccc21. The second-order valence-electron chi connectivity index (χ2n) is 4.56. The zero-order valence-electron chi connectivity index (χ0n) is 10.1. The van der Waals surface area contributed by atoms with Crippen molar-refractivity contribution in [2.45, 2.75) is 32.2 Å². The highest BCUT2D eigenvalue weighted by atomic mass is 16.6. The molecule has 1 heterocycles. The molecule has 2 aromatic rings. The number of aromatic nitrogens is 1. The zero-order valence-corrected chi connectivity index (χ0v) is 10.1. The summed E-state index contributed by atoms with van der Waals surface area (Å²) in [5.41, 5.74) is 7.17. The molecule has 0 radical (unpaired) electrons. The number of hydrogen-bond donors (Lipinski definition) is 2. The average molecular weight is 230 g/mol. The van der Waals surface area contributed by atoms with Crippen molar-refractivity contribution in [2.75, 3.05) is 6.61 Å². The molecule has 1 aromatic carbocycles. The lowest BCUT2D eigenvalue weighted by Gasteiger charge is -2.23. The largest absolute Gasteiger partial charge is 0.357 e. The minimum absolute atomic E-state index is 0.311. The van der Waals surface area contributed by atoms with Crippen LogP contribution in [-0.4, -0.2) is 11.6 Å². The van der Waals surface area contributed by atoms with E-state index in [2.05, 4.69) is 34.7 Å². The molecule has 1 aliphatic rings. The molecule has 0 aliphatic heterocycles. The molecule has 0 amide bonds. The molecule has 2 N–H and O–H groups in total. The minimum Gasteiger partial charge on any atom is -0.357 e. The third-order valence-corrected chi connectivity index (χ3v) is 3.48. The lowest BCUT2D eigenvalue weighted by molar-refractivity contribution is 0.0189. The first-order valence-corrected chi connectivity index (χ1v) is 6.37. The van der Waals surface area contributed by atoms with Crippen molar-refractivity contribution in [1.29, 1.82) is 0 Å². The van der Waals surface area contributed by atoms with E-state index in [9.17, 15) is 0 Å². The topological polar surface area (TPSA) is 37.0 Å². The van der Waals surface area contributed by atoms with Crippen LogP contribution in [0.5, 0.6) is 0 Å². The van der Waals surface area contributed by atoms with E-state index < -0.39 is 0 Å². The Morgan fingerprint density at radius 1 is 1.41 bits per heavy atom. The molecule has 1 atom stereocenters. The second-order valence-corrected chi connectivity index (χ2v) is 4.56. The molecule has 0 bridgehead atoms. The summed E-state index contributed by atoms with van der Waals surface area (Å²) >= 11 is 0. The summed E-state index contributed by atoms with van der Waals surface area (Å²) in [6, 6.07) is 8.84. The van der Waals surface area contributed by atoms with Gasteiger partial charge in [0.15, 0.2) is 0 Å². The molecule has 1 aromatic heterocycles. The number of nitrogens with one attached hydrogen (secondary N) is 2. The van der Waals surface area contributed by atoms with Gasteiger partial charge >= 0.3 is 0 Å². The summed E-state index contributed by atoms with van der Waals surface area (Å²) in [7, 11) is 0. The van der Waals surface area contributed by atoms with Gasteiger partial charge in [-0.25, -0.2) is 0 Å². The van der Waals surface area contributed by atoms with Gasteiger partial charge < -0.3 is 9.82 Å². The predicted octanol–water partition coefficient (Wildman–Crippen LogP) is 3.09. The van der Waals surface area contributed by atoms with Crippen LogP contribution in [0.1, 0.15) is 37.1 Å². The van der Waals surface area contributed by atoms with E-state index in [1.807, 2.05) is 6.92 Å². The standard InChI is InChI=1S/C14H18N2O/c1-2-17-16-13-9-5-7-11-10-6-3-4-8-12(10)15-14(11)13/h3-4,6,8,13,15-16H,2,5,7,9H2,1H3. The molecule has 0 saturated heterocycles. The van der Waals surface area contributed by atoms with Crippen molar-refractivity contribution in [3.05, 3.63) is 35.5 Å². The number of hydroxylamine groups is 1. The Kier molecular flexibility index (Phi) is 2.87. The summed E-state index contributed by atoms with van der Waals surface area (Å²) in [6.07, 6.45) is 3.53. The molecule has 0 fully saturated rings. The molecule has 17 heavy (non-hydrogen) atoms. The van der Waals surface area contributed by atoms with Crippen LogP contribution in [-0.2, 0) is 11.3 Å². The number of hydrogen-bond acceptors (Lipinski definition) is 2. The van der Waals surface area contributed by atoms with Gasteiger partial charge in [0.25, 0.3) is 0 Å². The van der Waals surface area contributed by atoms with Crippen LogP contribution in [0, 0.1) is 0 Å². The van der Waals surface area contributed by atoms with E-state index in [0.29, 0.717) is 12.6 Å². The van der Waals surface area contributed by atoms with Crippen LogP contribution in [0.15, 0.2) is 24.3 Å². The van der Waals surface area contributed by atoms with E-state index >= 15 is 0 Å². The minimum atomic E-state index is 0.311. The van der Waals surface area contributed by atoms with Gasteiger partial charge in [-0.15, -0.1) is 0 Å². The highest BCUT2D eigenvalue weighted by molar-refractivity contribution is 5.85. The highest BCUT2D eigenvalue weighted by Gasteiger charge is 2.23. The van der Waals surface area contributed by atoms with Crippen molar-refractivity contribution in [1.82, 2.24) is 10.5 Å². The van der Waals surface area contributed by atoms with E-state index in [1.54, 1.807) is 0 Å². The predicted molar refractivity (Wildman–Crippen MR) is 68.7 cm³/mol. The first kappa shape index (κ1) is 10.8. The van der Waals surface area contributed by atoms with E-state index in [1.165, 1.54) is 35.0 Å². The Morgan fingerprint density at radius 2 is 2.29 bits per heavy atom. The van der Waals surface area contributed by atoms with E-state index in [4.69, 9.17) is 4.84 Å². The molecule has 3 heteroatoms. The van der Waals surface area contributed by atoms with Crippen LogP contribution in [0.2, 0.25) is 0 Å². The molecular weight excluding hydrogens is 212 g/mol. The summed E-state index contributed by atoms with van der Waals surface area (Å²) in [5, 5.41) is 1.37. The summed E-state index contributed by atoms with van der Waals surface area (Å²) in [6.45, 7) is 2.70. The molecular formula is C14H18N2O. The fraction of sp³-hybridized carbons (Fsp3) is 0.429. The van der Waals surface area contributed by atoms with Crippen LogP contribution < -0.4 is 5.48 Å². The second kappa shape index (κ2) is 4.51. The van der Waals surface area contributed by atoms with Gasteiger partial charge in [0.2, 0.25) is 0 Å². The Balaban J connectivity index is 2.02. The maximum Gasteiger partial charge on any atom is 0.0724 e. The van der Waals surface area contributed by atoms with Crippen LogP contribution in [0.25, 0.3) is 10.9 Å². The molecule has 0 spiro atoms. The first-order chi connectivity index (χ1) is 8.40. The summed E-state index contributed by atoms with van der Waals surface area (Å²) in [5.74, 6) is 0. The lowest BCUT2D eigenvalue weighted by atomic mass is 9.92. The van der Waals surface area contributed by atoms with Crippen LogP contribution >= 0.6 is 0 Å². The molecule has 1 aliphatic carbocycles. The molecule has 90 valence electrons. The third-order valence-electron chi connectivity index (χ3n) is 3.48. The van der Waals surface area contributed by atoms with Crippen molar-refractivity contribution in [3.63, 3.8) is 0 Å². The van der Waals surface area contributed by atoms with Crippen molar-refractivity contribution in [2.24, 2.45) is 0 Å². The van der Waals surface area contributed by atoms with E-state index in [-0.39, 0.29) is 0 Å². The van der Waals surface area contributed by atoms with Crippen molar-refractivity contribution in [3.8, 4) is 0 Å². The Morgan fingerprint density at radius 3 is 3.18 bits per heavy atom. The number of aryl methyl sites for hydroxylation is 1. The number of benzene rings is 1. The Hall–Kier alpha value is -1.32. The van der Waals surface area contributed by atoms with Gasteiger partial charge in [-0.3, -0.25) is 0 Å². The monoisotopic (exact) mass is 230 g/mol. The highest BCUT2D eigenvalue weighted by Crippen LogP contribution is 2.34. The van der Waals surface area contributed by atoms with Gasteiger partial charge in [-0.05, 0) is 37.8 Å². The maximum absolute atomic E-state index is 5.36. The van der Waals surface area contributed by atoms with Gasteiger partial charge in [-0.1, -0.05) is 18.2 Å². The van der Waals surface area contributed by atoms with Crippen LogP contribution in [0.3, 0.4) is 0 Å². The normalized spacial score (nSPS) is 19.5. The number of rotatable bonds is 3. The number of aromatic amines is 1. The quantitative estimate of drug-likeness (QED) is 0.795.